The minimum Gasteiger partial charge on any atom is -0.320 e. The number of rotatable bonds is 2. The quantitative estimate of drug-likeness (QED) is 0.705. The van der Waals surface area contributed by atoms with E-state index in [-0.39, 0.29) is 6.04 Å². The average Bonchev–Trinajstić information content (AvgIpc) is 2.35. The van der Waals surface area contributed by atoms with E-state index in [2.05, 4.69) is 88.8 Å². The van der Waals surface area contributed by atoms with Crippen LogP contribution in [0.5, 0.6) is 0 Å². The van der Waals surface area contributed by atoms with Gasteiger partial charge in [-0.05, 0) is 76.9 Å². The second-order valence-electron chi connectivity index (χ2n) is 4.43. The molecule has 1 unspecified atom stereocenters. The van der Waals surface area contributed by atoms with E-state index in [9.17, 15) is 0 Å². The Bertz CT molecular complexity index is 579. The van der Waals surface area contributed by atoms with Crippen molar-refractivity contribution in [2.75, 3.05) is 0 Å². The Morgan fingerprint density at radius 2 is 1.83 bits per heavy atom. The third kappa shape index (κ3) is 2.78. The van der Waals surface area contributed by atoms with E-state index in [1.54, 1.807) is 0 Å². The zero-order valence-corrected chi connectivity index (χ0v) is 14.1. The van der Waals surface area contributed by atoms with Crippen LogP contribution in [0.25, 0.3) is 0 Å². The van der Waals surface area contributed by atoms with Crippen molar-refractivity contribution in [1.82, 2.24) is 0 Å². The van der Waals surface area contributed by atoms with E-state index in [1.807, 2.05) is 0 Å². The molecule has 0 aromatic heterocycles. The van der Waals surface area contributed by atoms with Crippen LogP contribution in [0.3, 0.4) is 0 Å². The first-order chi connectivity index (χ1) is 8.50. The zero-order chi connectivity index (χ0) is 13.3. The second kappa shape index (κ2) is 5.72. The van der Waals surface area contributed by atoms with E-state index in [4.69, 9.17) is 5.73 Å². The first-order valence-corrected chi connectivity index (χ1v) is 7.64. The van der Waals surface area contributed by atoms with E-state index in [0.29, 0.717) is 0 Å². The van der Waals surface area contributed by atoms with Crippen LogP contribution in [0, 0.1) is 17.4 Å². The zero-order valence-electron chi connectivity index (χ0n) is 10.4. The Kier molecular flexibility index (Phi) is 4.45. The van der Waals surface area contributed by atoms with Crippen LogP contribution in [0.1, 0.15) is 28.3 Å². The first kappa shape index (κ1) is 14.0. The van der Waals surface area contributed by atoms with Crippen LogP contribution >= 0.6 is 38.5 Å². The van der Waals surface area contributed by atoms with Crippen LogP contribution in [-0.2, 0) is 0 Å². The van der Waals surface area contributed by atoms with Gasteiger partial charge >= 0.3 is 0 Å². The van der Waals surface area contributed by atoms with Crippen molar-refractivity contribution in [3.63, 3.8) is 0 Å². The molecule has 2 aromatic rings. The SMILES string of the molecule is Cc1cccc(C(N)c2cc(I)ccc2Br)c1C. The molecular weight excluding hydrogens is 401 g/mol. The van der Waals surface area contributed by atoms with Crippen molar-refractivity contribution in [3.8, 4) is 0 Å². The van der Waals surface area contributed by atoms with Gasteiger partial charge in [-0.15, -0.1) is 0 Å². The summed E-state index contributed by atoms with van der Waals surface area (Å²) in [6, 6.07) is 12.5. The molecule has 0 aliphatic heterocycles. The molecule has 94 valence electrons. The summed E-state index contributed by atoms with van der Waals surface area (Å²) in [4.78, 5) is 0. The minimum absolute atomic E-state index is 0.0889. The molecule has 2 rings (SSSR count). The third-order valence-corrected chi connectivity index (χ3v) is 4.67. The molecule has 1 nitrogen and oxygen atoms in total. The average molecular weight is 416 g/mol. The monoisotopic (exact) mass is 415 g/mol. The van der Waals surface area contributed by atoms with Gasteiger partial charge in [-0.25, -0.2) is 0 Å². The van der Waals surface area contributed by atoms with Gasteiger partial charge in [0.1, 0.15) is 0 Å². The highest BCUT2D eigenvalue weighted by molar-refractivity contribution is 14.1. The van der Waals surface area contributed by atoms with Crippen molar-refractivity contribution in [1.29, 1.82) is 0 Å². The van der Waals surface area contributed by atoms with Gasteiger partial charge in [0, 0.05) is 8.04 Å². The maximum atomic E-state index is 6.42. The molecule has 2 N–H and O–H groups in total. The molecular formula is C15H15BrIN. The Morgan fingerprint density at radius 1 is 1.11 bits per heavy atom. The fourth-order valence-corrected chi connectivity index (χ4v) is 3.04. The molecule has 0 saturated carbocycles. The molecule has 0 spiro atoms. The highest BCUT2D eigenvalue weighted by atomic mass is 127. The molecule has 0 fully saturated rings. The van der Waals surface area contributed by atoms with Crippen LogP contribution in [0.2, 0.25) is 0 Å². The van der Waals surface area contributed by atoms with Gasteiger partial charge < -0.3 is 5.73 Å². The van der Waals surface area contributed by atoms with Crippen molar-refractivity contribution < 1.29 is 0 Å². The number of hydrogen-bond donors (Lipinski definition) is 1. The van der Waals surface area contributed by atoms with Crippen LogP contribution < -0.4 is 5.73 Å². The maximum Gasteiger partial charge on any atom is 0.0565 e. The summed E-state index contributed by atoms with van der Waals surface area (Å²) in [5.74, 6) is 0. The van der Waals surface area contributed by atoms with Crippen molar-refractivity contribution in [3.05, 3.63) is 66.7 Å². The molecule has 0 aliphatic rings. The first-order valence-electron chi connectivity index (χ1n) is 5.77. The summed E-state index contributed by atoms with van der Waals surface area (Å²) in [5.41, 5.74) is 11.3. The van der Waals surface area contributed by atoms with Gasteiger partial charge in [0.05, 0.1) is 6.04 Å². The molecule has 0 radical (unpaired) electrons. The van der Waals surface area contributed by atoms with Gasteiger partial charge in [0.2, 0.25) is 0 Å². The van der Waals surface area contributed by atoms with Gasteiger partial charge in [0.15, 0.2) is 0 Å². The smallest absolute Gasteiger partial charge is 0.0565 e. The largest absolute Gasteiger partial charge is 0.320 e. The summed E-state index contributed by atoms with van der Waals surface area (Å²) in [6.45, 7) is 4.25. The predicted octanol–water partition coefficient (Wildman–Crippen LogP) is 4.72. The number of aryl methyl sites for hydroxylation is 1. The van der Waals surface area contributed by atoms with Crippen molar-refractivity contribution >= 4 is 38.5 Å². The summed E-state index contributed by atoms with van der Waals surface area (Å²) >= 11 is 5.90. The van der Waals surface area contributed by atoms with Gasteiger partial charge in [-0.3, -0.25) is 0 Å². The minimum atomic E-state index is -0.0889. The molecule has 2 aromatic carbocycles. The number of hydrogen-bond acceptors (Lipinski definition) is 1. The lowest BCUT2D eigenvalue weighted by atomic mass is 9.93. The molecule has 1 atom stereocenters. The van der Waals surface area contributed by atoms with Crippen LogP contribution in [0.15, 0.2) is 40.9 Å². The second-order valence-corrected chi connectivity index (χ2v) is 6.53. The summed E-state index contributed by atoms with van der Waals surface area (Å²) in [6.07, 6.45) is 0. The number of halogens is 2. The molecule has 0 saturated heterocycles. The topological polar surface area (TPSA) is 26.0 Å². The summed E-state index contributed by atoms with van der Waals surface area (Å²) < 4.78 is 2.27. The normalized spacial score (nSPS) is 12.5. The number of benzene rings is 2. The van der Waals surface area contributed by atoms with Gasteiger partial charge in [0.25, 0.3) is 0 Å². The van der Waals surface area contributed by atoms with E-state index >= 15 is 0 Å². The number of nitrogens with two attached hydrogens (primary N) is 1. The van der Waals surface area contributed by atoms with Crippen LogP contribution in [-0.4, -0.2) is 0 Å². The molecule has 3 heteroatoms. The Hall–Kier alpha value is -0.390. The van der Waals surface area contributed by atoms with E-state index in [1.165, 1.54) is 20.3 Å². The maximum absolute atomic E-state index is 6.42. The van der Waals surface area contributed by atoms with Gasteiger partial charge in [-0.1, -0.05) is 34.1 Å². The summed E-state index contributed by atoms with van der Waals surface area (Å²) in [5, 5.41) is 0. The molecule has 18 heavy (non-hydrogen) atoms. The predicted molar refractivity (Wildman–Crippen MR) is 88.8 cm³/mol. The van der Waals surface area contributed by atoms with E-state index in [0.717, 1.165) is 10.0 Å². The molecule has 0 amide bonds. The highest BCUT2D eigenvalue weighted by Gasteiger charge is 2.15. The lowest BCUT2D eigenvalue weighted by Crippen LogP contribution is -2.14. The Morgan fingerprint density at radius 3 is 2.56 bits per heavy atom. The Labute approximate surface area is 130 Å². The fraction of sp³-hybridized carbons (Fsp3) is 0.200. The molecule has 0 heterocycles. The third-order valence-electron chi connectivity index (χ3n) is 3.27. The standard InChI is InChI=1S/C15H15BrIN/c1-9-4-3-5-12(10(9)2)15(18)13-8-11(17)6-7-14(13)16/h3-8,15H,18H2,1-2H3. The lowest BCUT2D eigenvalue weighted by Gasteiger charge is -2.18. The van der Waals surface area contributed by atoms with Gasteiger partial charge in [-0.2, -0.15) is 0 Å². The van der Waals surface area contributed by atoms with Crippen molar-refractivity contribution in [2.24, 2.45) is 5.73 Å². The molecule has 0 bridgehead atoms. The fourth-order valence-electron chi connectivity index (χ4n) is 2.03. The lowest BCUT2D eigenvalue weighted by molar-refractivity contribution is 0.852. The highest BCUT2D eigenvalue weighted by Crippen LogP contribution is 2.30. The molecule has 0 aliphatic carbocycles. The summed E-state index contributed by atoms with van der Waals surface area (Å²) in [7, 11) is 0. The van der Waals surface area contributed by atoms with Crippen molar-refractivity contribution in [2.45, 2.75) is 19.9 Å². The van der Waals surface area contributed by atoms with E-state index < -0.39 is 0 Å². The Balaban J connectivity index is 2.51. The van der Waals surface area contributed by atoms with Crippen LogP contribution in [0.4, 0.5) is 0 Å².